The minimum Gasteiger partial charge on any atom is -0.331 e. The van der Waals surface area contributed by atoms with E-state index in [2.05, 4.69) is 5.32 Å². The van der Waals surface area contributed by atoms with Gasteiger partial charge in [0.1, 0.15) is 15.7 Å². The lowest BCUT2D eigenvalue weighted by molar-refractivity contribution is 0.106. The highest BCUT2D eigenvalue weighted by molar-refractivity contribution is 7.91. The molecule has 1 aromatic carbocycles. The van der Waals surface area contributed by atoms with E-state index in [0.717, 1.165) is 31.2 Å². The summed E-state index contributed by atoms with van der Waals surface area (Å²) in [6, 6.07) is 3.24. The molecule has 2 aliphatic rings. The first-order chi connectivity index (χ1) is 12.6. The summed E-state index contributed by atoms with van der Waals surface area (Å²) in [7, 11) is -2.86. The van der Waals surface area contributed by atoms with Gasteiger partial charge in [0, 0.05) is 13.1 Å². The molecule has 2 amide bonds. The second-order valence-corrected chi connectivity index (χ2v) is 10.6. The maximum atomic E-state index is 13.8. The average molecular weight is 397 g/mol. The van der Waals surface area contributed by atoms with Gasteiger partial charge in [0.15, 0.2) is 0 Å². The third kappa shape index (κ3) is 4.45. The normalized spacial score (nSPS) is 22.4. The molecule has 1 spiro atoms. The second kappa shape index (κ2) is 7.41. The number of benzene rings is 1. The Kier molecular flexibility index (Phi) is 5.52. The van der Waals surface area contributed by atoms with Crippen LogP contribution in [0.25, 0.3) is 0 Å². The van der Waals surface area contributed by atoms with Gasteiger partial charge in [0.25, 0.3) is 0 Å². The van der Waals surface area contributed by atoms with E-state index in [0.29, 0.717) is 24.2 Å². The Balaban J connectivity index is 1.57. The van der Waals surface area contributed by atoms with Crippen LogP contribution in [0.5, 0.6) is 0 Å². The number of hydrogen-bond donors (Lipinski definition) is 1. The summed E-state index contributed by atoms with van der Waals surface area (Å²) < 4.78 is 37.2. The molecule has 7 heteroatoms. The van der Waals surface area contributed by atoms with Crippen LogP contribution in [-0.2, 0) is 9.84 Å². The molecule has 0 saturated carbocycles. The molecule has 1 aromatic rings. The Hall–Kier alpha value is -1.63. The van der Waals surface area contributed by atoms with E-state index < -0.39 is 9.84 Å². The molecule has 2 fully saturated rings. The largest absolute Gasteiger partial charge is 0.331 e. The number of aryl methyl sites for hydroxylation is 2. The maximum absolute atomic E-state index is 13.8. The Morgan fingerprint density at radius 2 is 1.63 bits per heavy atom. The molecule has 0 radical (unpaired) electrons. The van der Waals surface area contributed by atoms with Gasteiger partial charge in [0.2, 0.25) is 0 Å². The standard InChI is InChI=1S/C20H29FN2O3S/c1-14-12-17(13-15(2)18(14)21)16(3)22-19(24)23-8-4-20(5-9-23)6-10-27(25,26)11-7-20/h12-13,16H,4-11H2,1-3H3,(H,22,24). The second-order valence-electron chi connectivity index (χ2n) is 8.28. The molecule has 3 rings (SSSR count). The van der Waals surface area contributed by atoms with Gasteiger partial charge in [-0.15, -0.1) is 0 Å². The summed E-state index contributed by atoms with van der Waals surface area (Å²) in [6.07, 6.45) is 3.16. The first-order valence-electron chi connectivity index (χ1n) is 9.63. The van der Waals surface area contributed by atoms with Crippen molar-refractivity contribution in [1.82, 2.24) is 10.2 Å². The zero-order valence-electron chi connectivity index (χ0n) is 16.3. The van der Waals surface area contributed by atoms with Gasteiger partial charge < -0.3 is 10.2 Å². The number of nitrogens with zero attached hydrogens (tertiary/aromatic N) is 1. The van der Waals surface area contributed by atoms with Crippen molar-refractivity contribution in [3.05, 3.63) is 34.6 Å². The Morgan fingerprint density at radius 3 is 2.15 bits per heavy atom. The molecular formula is C20H29FN2O3S. The van der Waals surface area contributed by atoms with Gasteiger partial charge in [-0.3, -0.25) is 0 Å². The van der Waals surface area contributed by atoms with Gasteiger partial charge in [-0.1, -0.05) is 12.1 Å². The molecule has 0 bridgehead atoms. The first-order valence-corrected chi connectivity index (χ1v) is 11.5. The van der Waals surface area contributed by atoms with Gasteiger partial charge in [-0.05, 0) is 68.6 Å². The minimum atomic E-state index is -2.86. The van der Waals surface area contributed by atoms with Crippen LogP contribution >= 0.6 is 0 Å². The van der Waals surface area contributed by atoms with Crippen molar-refractivity contribution in [3.8, 4) is 0 Å². The lowest BCUT2D eigenvalue weighted by Crippen LogP contribution is -2.49. The molecule has 5 nitrogen and oxygen atoms in total. The van der Waals surface area contributed by atoms with Crippen molar-refractivity contribution in [2.75, 3.05) is 24.6 Å². The molecular weight excluding hydrogens is 367 g/mol. The molecule has 150 valence electrons. The van der Waals surface area contributed by atoms with Gasteiger partial charge in [-0.25, -0.2) is 17.6 Å². The SMILES string of the molecule is Cc1cc(C(C)NC(=O)N2CCC3(CC2)CCS(=O)(=O)CC3)cc(C)c1F. The predicted molar refractivity (Wildman–Crippen MR) is 104 cm³/mol. The molecule has 1 atom stereocenters. The quantitative estimate of drug-likeness (QED) is 0.832. The van der Waals surface area contributed by atoms with Crippen LogP contribution in [0, 0.1) is 25.1 Å². The van der Waals surface area contributed by atoms with Crippen molar-refractivity contribution in [1.29, 1.82) is 0 Å². The fourth-order valence-corrected chi connectivity index (χ4v) is 5.94. The van der Waals surface area contributed by atoms with E-state index in [-0.39, 0.29) is 34.8 Å². The number of carbonyl (C=O) groups excluding carboxylic acids is 1. The number of sulfone groups is 1. The third-order valence-corrected chi connectivity index (χ3v) is 7.95. The highest BCUT2D eigenvalue weighted by Crippen LogP contribution is 2.42. The van der Waals surface area contributed by atoms with Gasteiger partial charge in [0.05, 0.1) is 17.5 Å². The number of carbonyl (C=O) groups is 1. The highest BCUT2D eigenvalue weighted by Gasteiger charge is 2.40. The monoisotopic (exact) mass is 396 g/mol. The van der Waals surface area contributed by atoms with Crippen LogP contribution in [0.4, 0.5) is 9.18 Å². The van der Waals surface area contributed by atoms with Gasteiger partial charge in [-0.2, -0.15) is 0 Å². The number of halogens is 1. The number of urea groups is 1. The smallest absolute Gasteiger partial charge is 0.317 e. The summed E-state index contributed by atoms with van der Waals surface area (Å²) in [4.78, 5) is 14.5. The number of piperidine rings is 1. The summed E-state index contributed by atoms with van der Waals surface area (Å²) in [6.45, 7) is 6.67. The van der Waals surface area contributed by atoms with Crippen molar-refractivity contribution in [2.45, 2.75) is 52.5 Å². The van der Waals surface area contributed by atoms with E-state index >= 15 is 0 Å². The highest BCUT2D eigenvalue weighted by atomic mass is 32.2. The van der Waals surface area contributed by atoms with Crippen LogP contribution in [0.15, 0.2) is 12.1 Å². The van der Waals surface area contributed by atoms with Crippen LogP contribution < -0.4 is 5.32 Å². The molecule has 0 aromatic heterocycles. The molecule has 2 heterocycles. The summed E-state index contributed by atoms with van der Waals surface area (Å²) in [5, 5.41) is 3.01. The van der Waals surface area contributed by atoms with Crippen molar-refractivity contribution < 1.29 is 17.6 Å². The average Bonchev–Trinajstić information content (AvgIpc) is 2.62. The zero-order chi connectivity index (χ0) is 19.8. The summed E-state index contributed by atoms with van der Waals surface area (Å²) in [5.74, 6) is 0.354. The van der Waals surface area contributed by atoms with Crippen molar-refractivity contribution in [3.63, 3.8) is 0 Å². The van der Waals surface area contributed by atoms with Gasteiger partial charge >= 0.3 is 6.03 Å². The maximum Gasteiger partial charge on any atom is 0.317 e. The third-order valence-electron chi connectivity index (χ3n) is 6.30. The summed E-state index contributed by atoms with van der Waals surface area (Å²) in [5.41, 5.74) is 2.14. The Morgan fingerprint density at radius 1 is 1.11 bits per heavy atom. The van der Waals surface area contributed by atoms with E-state index in [1.54, 1.807) is 26.0 Å². The Bertz CT molecular complexity index is 791. The number of nitrogens with one attached hydrogen (secondary N) is 1. The molecule has 2 aliphatic heterocycles. The number of amides is 2. The van der Waals surface area contributed by atoms with Crippen LogP contribution in [-0.4, -0.2) is 43.9 Å². The van der Waals surface area contributed by atoms with Crippen molar-refractivity contribution in [2.24, 2.45) is 5.41 Å². The zero-order valence-corrected chi connectivity index (χ0v) is 17.2. The van der Waals surface area contributed by atoms with Crippen LogP contribution in [0.3, 0.4) is 0 Å². The topological polar surface area (TPSA) is 66.5 Å². The minimum absolute atomic E-state index is 0.0822. The fourth-order valence-electron chi connectivity index (χ4n) is 4.24. The van der Waals surface area contributed by atoms with E-state index in [1.165, 1.54) is 0 Å². The Labute approximate surface area is 161 Å². The van der Waals surface area contributed by atoms with Crippen LogP contribution in [0.1, 0.15) is 55.3 Å². The lowest BCUT2D eigenvalue weighted by atomic mass is 9.74. The molecule has 27 heavy (non-hydrogen) atoms. The lowest BCUT2D eigenvalue weighted by Gasteiger charge is -2.44. The van der Waals surface area contributed by atoms with E-state index in [9.17, 15) is 17.6 Å². The number of hydrogen-bond acceptors (Lipinski definition) is 3. The molecule has 2 saturated heterocycles. The van der Waals surface area contributed by atoms with E-state index in [4.69, 9.17) is 0 Å². The van der Waals surface area contributed by atoms with Crippen LogP contribution in [0.2, 0.25) is 0 Å². The van der Waals surface area contributed by atoms with E-state index in [1.807, 2.05) is 11.8 Å². The molecule has 0 aliphatic carbocycles. The number of likely N-dealkylation sites (tertiary alicyclic amines) is 1. The summed E-state index contributed by atoms with van der Waals surface area (Å²) >= 11 is 0. The molecule has 1 N–H and O–H groups in total. The van der Waals surface area contributed by atoms with Crippen molar-refractivity contribution >= 4 is 15.9 Å². The molecule has 1 unspecified atom stereocenters. The predicted octanol–water partition coefficient (Wildman–Crippen LogP) is 3.50. The fraction of sp³-hybridized carbons (Fsp3) is 0.650. The number of rotatable bonds is 2. The first kappa shape index (κ1) is 20.1.